The molecule has 1 unspecified atom stereocenters. The number of carbonyl (C=O) groups is 2. The molecule has 0 aliphatic carbocycles. The third kappa shape index (κ3) is 5.71. The van der Waals surface area contributed by atoms with E-state index < -0.39 is 12.0 Å². The summed E-state index contributed by atoms with van der Waals surface area (Å²) in [7, 11) is 0. The highest BCUT2D eigenvalue weighted by atomic mass is 16.4. The van der Waals surface area contributed by atoms with Crippen molar-refractivity contribution in [2.45, 2.75) is 25.9 Å². The lowest BCUT2D eigenvalue weighted by molar-refractivity contribution is -0.137. The Hall–Kier alpha value is -5.43. The Morgan fingerprint density at radius 2 is 1.60 bits per heavy atom. The van der Waals surface area contributed by atoms with Crippen LogP contribution in [0.15, 0.2) is 115 Å². The molecule has 0 saturated carbocycles. The minimum Gasteiger partial charge on any atom is -0.481 e. The molecule has 7 nitrogen and oxygen atoms in total. The predicted octanol–water partition coefficient (Wildman–Crippen LogP) is 7.02. The SMILES string of the molecule is Cc1ccc(C(CC(=O)O)NC(=O)c2ccn3c(NCc4ccccc4)c(-c4ccc5ccccc5c4)nc3c2)cc1. The number of anilines is 1. The van der Waals surface area contributed by atoms with Crippen LogP contribution in [-0.4, -0.2) is 26.4 Å². The Bertz CT molecular complexity index is 1900. The number of hydrogen-bond acceptors (Lipinski definition) is 4. The van der Waals surface area contributed by atoms with Crippen molar-refractivity contribution in [3.05, 3.63) is 138 Å². The summed E-state index contributed by atoms with van der Waals surface area (Å²) < 4.78 is 1.94. The highest BCUT2D eigenvalue weighted by Crippen LogP contribution is 2.32. The number of fused-ring (bicyclic) bond motifs is 2. The first-order valence-corrected chi connectivity index (χ1v) is 13.8. The van der Waals surface area contributed by atoms with Crippen LogP contribution in [0.3, 0.4) is 0 Å². The smallest absolute Gasteiger partial charge is 0.305 e. The molecule has 1 amide bonds. The van der Waals surface area contributed by atoms with Gasteiger partial charge in [-0.05, 0) is 47.0 Å². The summed E-state index contributed by atoms with van der Waals surface area (Å²) in [4.78, 5) is 29.9. The van der Waals surface area contributed by atoms with E-state index in [0.717, 1.165) is 44.5 Å². The molecule has 4 aromatic carbocycles. The first-order chi connectivity index (χ1) is 20.4. The fourth-order valence-electron chi connectivity index (χ4n) is 5.14. The van der Waals surface area contributed by atoms with E-state index in [1.165, 1.54) is 0 Å². The molecule has 0 fully saturated rings. The van der Waals surface area contributed by atoms with Crippen LogP contribution in [0.1, 0.15) is 39.5 Å². The maximum absolute atomic E-state index is 13.4. The number of pyridine rings is 1. The normalized spacial score (nSPS) is 11.8. The molecule has 2 heterocycles. The lowest BCUT2D eigenvalue weighted by Gasteiger charge is -2.18. The van der Waals surface area contributed by atoms with Gasteiger partial charge in [0, 0.05) is 23.9 Å². The van der Waals surface area contributed by atoms with E-state index in [1.807, 2.05) is 72.1 Å². The van der Waals surface area contributed by atoms with Gasteiger partial charge in [0.25, 0.3) is 5.91 Å². The lowest BCUT2D eigenvalue weighted by atomic mass is 10.0. The molecule has 0 bridgehead atoms. The Kier molecular flexibility index (Phi) is 7.39. The van der Waals surface area contributed by atoms with Gasteiger partial charge < -0.3 is 15.7 Å². The van der Waals surface area contributed by atoms with Gasteiger partial charge in [0.15, 0.2) is 0 Å². The van der Waals surface area contributed by atoms with Gasteiger partial charge in [0.2, 0.25) is 0 Å². The van der Waals surface area contributed by atoms with Gasteiger partial charge in [-0.25, -0.2) is 4.98 Å². The lowest BCUT2D eigenvalue weighted by Crippen LogP contribution is -2.30. The zero-order valence-electron chi connectivity index (χ0n) is 23.1. The fraction of sp³-hybridized carbons (Fsp3) is 0.114. The van der Waals surface area contributed by atoms with E-state index >= 15 is 0 Å². The summed E-state index contributed by atoms with van der Waals surface area (Å²) in [5, 5.41) is 18.2. The summed E-state index contributed by atoms with van der Waals surface area (Å²) in [5.74, 6) is -0.531. The average Bonchev–Trinajstić information content (AvgIpc) is 3.38. The first kappa shape index (κ1) is 26.8. The number of amides is 1. The van der Waals surface area contributed by atoms with E-state index in [2.05, 4.69) is 53.1 Å². The molecule has 1 atom stereocenters. The number of carbonyl (C=O) groups excluding carboxylic acids is 1. The monoisotopic (exact) mass is 554 g/mol. The number of benzene rings is 4. The molecule has 42 heavy (non-hydrogen) atoms. The largest absolute Gasteiger partial charge is 0.481 e. The van der Waals surface area contributed by atoms with Crippen molar-refractivity contribution in [3.63, 3.8) is 0 Å². The quantitative estimate of drug-likeness (QED) is 0.179. The molecule has 6 rings (SSSR count). The zero-order chi connectivity index (χ0) is 29.1. The Labute approximate surface area is 243 Å². The van der Waals surface area contributed by atoms with Crippen LogP contribution in [0, 0.1) is 6.92 Å². The second kappa shape index (κ2) is 11.6. The van der Waals surface area contributed by atoms with Gasteiger partial charge in [-0.15, -0.1) is 0 Å². The Morgan fingerprint density at radius 3 is 2.36 bits per heavy atom. The third-order valence-corrected chi connectivity index (χ3v) is 7.38. The number of rotatable bonds is 9. The highest BCUT2D eigenvalue weighted by Gasteiger charge is 2.21. The number of carboxylic acids is 1. The molecule has 0 saturated heterocycles. The first-order valence-electron chi connectivity index (χ1n) is 13.8. The van der Waals surface area contributed by atoms with Crippen molar-refractivity contribution < 1.29 is 14.7 Å². The summed E-state index contributed by atoms with van der Waals surface area (Å²) in [5.41, 5.74) is 5.67. The number of nitrogens with one attached hydrogen (secondary N) is 2. The number of carboxylic acid groups (broad SMARTS) is 1. The second-order valence-electron chi connectivity index (χ2n) is 10.4. The molecule has 0 aliphatic heterocycles. The fourth-order valence-corrected chi connectivity index (χ4v) is 5.14. The molecule has 6 aromatic rings. The topological polar surface area (TPSA) is 95.7 Å². The number of aromatic nitrogens is 2. The summed E-state index contributed by atoms with van der Waals surface area (Å²) in [6.45, 7) is 2.56. The van der Waals surface area contributed by atoms with E-state index in [9.17, 15) is 14.7 Å². The third-order valence-electron chi connectivity index (χ3n) is 7.38. The number of nitrogens with zero attached hydrogens (tertiary/aromatic N) is 2. The molecule has 0 aliphatic rings. The van der Waals surface area contributed by atoms with E-state index in [1.54, 1.807) is 12.1 Å². The second-order valence-corrected chi connectivity index (χ2v) is 10.4. The molecule has 0 spiro atoms. The molecule has 3 N–H and O–H groups in total. The van der Waals surface area contributed by atoms with Gasteiger partial charge in [-0.1, -0.05) is 96.6 Å². The number of aliphatic carboxylic acids is 1. The van der Waals surface area contributed by atoms with E-state index in [0.29, 0.717) is 17.8 Å². The van der Waals surface area contributed by atoms with Gasteiger partial charge in [0.1, 0.15) is 17.2 Å². The minimum absolute atomic E-state index is 0.222. The number of imidazole rings is 1. The molecule has 208 valence electrons. The van der Waals surface area contributed by atoms with Crippen LogP contribution in [0.2, 0.25) is 0 Å². The summed E-state index contributed by atoms with van der Waals surface area (Å²) in [6, 6.07) is 34.9. The standard InChI is InChI=1S/C35H30N4O3/c1-23-11-13-26(14-12-23)30(21-32(40)41)37-35(42)29-17-18-39-31(20-29)38-33(34(39)36-22-24-7-3-2-4-8-24)28-16-15-25-9-5-6-10-27(25)19-28/h2-20,30,36H,21-22H2,1H3,(H,37,42)(H,40,41). The molecule has 0 radical (unpaired) electrons. The molecular formula is C35H30N4O3. The van der Waals surface area contributed by atoms with Crippen molar-refractivity contribution in [1.29, 1.82) is 0 Å². The van der Waals surface area contributed by atoms with Crippen LogP contribution in [0.5, 0.6) is 0 Å². The molecule has 7 heteroatoms. The van der Waals surface area contributed by atoms with Crippen molar-refractivity contribution in [2.24, 2.45) is 0 Å². The molecular weight excluding hydrogens is 524 g/mol. The number of aryl methyl sites for hydroxylation is 1. The van der Waals surface area contributed by atoms with Crippen LogP contribution >= 0.6 is 0 Å². The maximum Gasteiger partial charge on any atom is 0.305 e. The van der Waals surface area contributed by atoms with Crippen molar-refractivity contribution >= 4 is 34.1 Å². The predicted molar refractivity (Wildman–Crippen MR) is 166 cm³/mol. The van der Waals surface area contributed by atoms with E-state index in [4.69, 9.17) is 4.98 Å². The van der Waals surface area contributed by atoms with Crippen LogP contribution in [-0.2, 0) is 11.3 Å². The Morgan fingerprint density at radius 1 is 0.857 bits per heavy atom. The van der Waals surface area contributed by atoms with Gasteiger partial charge >= 0.3 is 5.97 Å². The van der Waals surface area contributed by atoms with Crippen molar-refractivity contribution in [1.82, 2.24) is 14.7 Å². The summed E-state index contributed by atoms with van der Waals surface area (Å²) >= 11 is 0. The van der Waals surface area contributed by atoms with Crippen molar-refractivity contribution in [2.75, 3.05) is 5.32 Å². The number of hydrogen-bond donors (Lipinski definition) is 3. The van der Waals surface area contributed by atoms with Crippen LogP contribution < -0.4 is 10.6 Å². The van der Waals surface area contributed by atoms with Gasteiger partial charge in [-0.3, -0.25) is 14.0 Å². The maximum atomic E-state index is 13.4. The van der Waals surface area contributed by atoms with Gasteiger partial charge in [0.05, 0.1) is 12.5 Å². The molecule has 2 aromatic heterocycles. The zero-order valence-corrected chi connectivity index (χ0v) is 23.1. The highest BCUT2D eigenvalue weighted by molar-refractivity contribution is 5.96. The average molecular weight is 555 g/mol. The van der Waals surface area contributed by atoms with Gasteiger partial charge in [-0.2, -0.15) is 0 Å². The van der Waals surface area contributed by atoms with E-state index in [-0.39, 0.29) is 12.3 Å². The summed E-state index contributed by atoms with van der Waals surface area (Å²) in [6.07, 6.45) is 1.60. The van der Waals surface area contributed by atoms with Crippen LogP contribution in [0.4, 0.5) is 5.82 Å². The Balaban J connectivity index is 1.36. The van der Waals surface area contributed by atoms with Crippen molar-refractivity contribution in [3.8, 4) is 11.3 Å². The van der Waals surface area contributed by atoms with Crippen LogP contribution in [0.25, 0.3) is 27.7 Å². The minimum atomic E-state index is -0.987.